The van der Waals surface area contributed by atoms with Gasteiger partial charge in [0.25, 0.3) is 5.91 Å². The van der Waals surface area contributed by atoms with E-state index in [9.17, 15) is 4.79 Å². The normalized spacial score (nSPS) is 13.0. The fourth-order valence-corrected chi connectivity index (χ4v) is 1.17. The molecule has 4 nitrogen and oxygen atoms in total. The van der Waals surface area contributed by atoms with E-state index in [1.54, 1.807) is 11.8 Å². The Bertz CT molecular complexity index is 152. The van der Waals surface area contributed by atoms with Gasteiger partial charge in [0.05, 0.1) is 6.04 Å². The molecule has 0 rings (SSSR count). The summed E-state index contributed by atoms with van der Waals surface area (Å²) in [6, 6.07) is -0.171. The summed E-state index contributed by atoms with van der Waals surface area (Å²) in [5.41, 5.74) is 11.0. The lowest BCUT2D eigenvalue weighted by Crippen LogP contribution is -2.49. The summed E-state index contributed by atoms with van der Waals surface area (Å²) >= 11 is 1.69. The number of hydrazine groups is 1. The molecule has 0 spiro atoms. The van der Waals surface area contributed by atoms with Crippen LogP contribution in [0.2, 0.25) is 0 Å². The molecule has 1 amide bonds. The standard InChI is InChI=1S/C8H19N3OS/c1-6(2)10-11-8(12)7(9)4-5-13-3/h6-7,10H,4-5,9H2,1-3H3,(H,11,12). The lowest BCUT2D eigenvalue weighted by atomic mass is 10.2. The number of carbonyl (C=O) groups is 1. The third-order valence-corrected chi connectivity index (χ3v) is 2.10. The largest absolute Gasteiger partial charge is 0.320 e. The maximum Gasteiger partial charge on any atom is 0.251 e. The van der Waals surface area contributed by atoms with Crippen molar-refractivity contribution >= 4 is 17.7 Å². The minimum atomic E-state index is -0.404. The van der Waals surface area contributed by atoms with E-state index in [0.29, 0.717) is 6.42 Å². The Kier molecular flexibility index (Phi) is 7.03. The molecule has 0 aliphatic heterocycles. The third-order valence-electron chi connectivity index (χ3n) is 1.45. The quantitative estimate of drug-likeness (QED) is 0.538. The highest BCUT2D eigenvalue weighted by Gasteiger charge is 2.11. The Labute approximate surface area is 84.0 Å². The number of amides is 1. The van der Waals surface area contributed by atoms with Crippen molar-refractivity contribution in [3.05, 3.63) is 0 Å². The number of rotatable bonds is 6. The van der Waals surface area contributed by atoms with Crippen LogP contribution >= 0.6 is 11.8 Å². The van der Waals surface area contributed by atoms with Crippen LogP contribution in [0.1, 0.15) is 20.3 Å². The molecule has 0 aromatic heterocycles. The van der Waals surface area contributed by atoms with E-state index in [1.165, 1.54) is 0 Å². The van der Waals surface area contributed by atoms with Gasteiger partial charge in [0.1, 0.15) is 0 Å². The van der Waals surface area contributed by atoms with Crippen LogP contribution in [0.4, 0.5) is 0 Å². The molecule has 0 aliphatic carbocycles. The van der Waals surface area contributed by atoms with Crippen LogP contribution in [0.3, 0.4) is 0 Å². The van der Waals surface area contributed by atoms with Crippen molar-refractivity contribution < 1.29 is 4.79 Å². The molecule has 1 atom stereocenters. The number of hydrogen-bond acceptors (Lipinski definition) is 4. The van der Waals surface area contributed by atoms with E-state index in [1.807, 2.05) is 20.1 Å². The van der Waals surface area contributed by atoms with Crippen molar-refractivity contribution in [2.24, 2.45) is 5.73 Å². The summed E-state index contributed by atoms with van der Waals surface area (Å²) in [7, 11) is 0. The summed E-state index contributed by atoms with van der Waals surface area (Å²) in [5, 5.41) is 0. The monoisotopic (exact) mass is 205 g/mol. The van der Waals surface area contributed by atoms with Crippen LogP contribution in [-0.2, 0) is 4.79 Å². The molecular weight excluding hydrogens is 186 g/mol. The van der Waals surface area contributed by atoms with Crippen LogP contribution < -0.4 is 16.6 Å². The van der Waals surface area contributed by atoms with Crippen molar-refractivity contribution in [1.29, 1.82) is 0 Å². The first-order chi connectivity index (χ1) is 6.07. The highest BCUT2D eigenvalue weighted by atomic mass is 32.2. The van der Waals surface area contributed by atoms with E-state index in [2.05, 4.69) is 10.9 Å². The van der Waals surface area contributed by atoms with Crippen LogP contribution in [0.15, 0.2) is 0 Å². The molecule has 0 heterocycles. The van der Waals surface area contributed by atoms with Crippen molar-refractivity contribution in [3.8, 4) is 0 Å². The molecule has 0 saturated heterocycles. The third kappa shape index (κ3) is 6.86. The van der Waals surface area contributed by atoms with Gasteiger partial charge in [0, 0.05) is 6.04 Å². The number of carbonyl (C=O) groups excluding carboxylic acids is 1. The molecule has 5 heteroatoms. The average molecular weight is 205 g/mol. The van der Waals surface area contributed by atoms with Gasteiger partial charge >= 0.3 is 0 Å². The molecule has 0 fully saturated rings. The fraction of sp³-hybridized carbons (Fsp3) is 0.875. The van der Waals surface area contributed by atoms with E-state index in [-0.39, 0.29) is 11.9 Å². The maximum atomic E-state index is 11.2. The van der Waals surface area contributed by atoms with Gasteiger partial charge in [-0.2, -0.15) is 11.8 Å². The average Bonchev–Trinajstić information content (AvgIpc) is 2.10. The van der Waals surface area contributed by atoms with Crippen molar-refractivity contribution in [1.82, 2.24) is 10.9 Å². The van der Waals surface area contributed by atoms with Crippen molar-refractivity contribution in [2.75, 3.05) is 12.0 Å². The van der Waals surface area contributed by atoms with Crippen molar-refractivity contribution in [3.63, 3.8) is 0 Å². The summed E-state index contributed by atoms with van der Waals surface area (Å²) in [6.45, 7) is 3.90. The minimum absolute atomic E-state index is 0.136. The van der Waals surface area contributed by atoms with Crippen LogP contribution in [0, 0.1) is 0 Å². The van der Waals surface area contributed by atoms with Gasteiger partial charge in [-0.1, -0.05) is 0 Å². The van der Waals surface area contributed by atoms with Crippen LogP contribution in [0.5, 0.6) is 0 Å². The van der Waals surface area contributed by atoms with Crippen LogP contribution in [-0.4, -0.2) is 30.0 Å². The second-order valence-corrected chi connectivity index (χ2v) is 4.16. The number of hydrogen-bond donors (Lipinski definition) is 3. The maximum absolute atomic E-state index is 11.2. The second-order valence-electron chi connectivity index (χ2n) is 3.18. The van der Waals surface area contributed by atoms with Gasteiger partial charge in [0.15, 0.2) is 0 Å². The second kappa shape index (κ2) is 7.17. The predicted molar refractivity (Wildman–Crippen MR) is 57.4 cm³/mol. The van der Waals surface area contributed by atoms with E-state index in [0.717, 1.165) is 5.75 Å². The Morgan fingerprint density at radius 1 is 1.54 bits per heavy atom. The molecule has 0 aliphatic rings. The van der Waals surface area contributed by atoms with Gasteiger partial charge in [-0.3, -0.25) is 10.2 Å². The number of nitrogens with two attached hydrogens (primary N) is 1. The van der Waals surface area contributed by atoms with E-state index in [4.69, 9.17) is 5.73 Å². The summed E-state index contributed by atoms with van der Waals surface area (Å²) in [6.07, 6.45) is 2.71. The lowest BCUT2D eigenvalue weighted by molar-refractivity contribution is -0.123. The van der Waals surface area contributed by atoms with E-state index < -0.39 is 6.04 Å². The Morgan fingerprint density at radius 3 is 2.62 bits per heavy atom. The molecular formula is C8H19N3OS. The highest BCUT2D eigenvalue weighted by Crippen LogP contribution is 1.98. The van der Waals surface area contributed by atoms with Gasteiger partial charge in [-0.25, -0.2) is 5.43 Å². The molecule has 0 aromatic rings. The first-order valence-corrected chi connectivity index (χ1v) is 5.77. The predicted octanol–water partition coefficient (Wildman–Crippen LogP) is 0.0960. The summed E-state index contributed by atoms with van der Waals surface area (Å²) < 4.78 is 0. The van der Waals surface area contributed by atoms with Gasteiger partial charge < -0.3 is 5.73 Å². The summed E-state index contributed by atoms with van der Waals surface area (Å²) in [5.74, 6) is 0.777. The van der Waals surface area contributed by atoms with Crippen LogP contribution in [0.25, 0.3) is 0 Å². The van der Waals surface area contributed by atoms with Gasteiger partial charge in [-0.05, 0) is 32.3 Å². The molecule has 0 radical (unpaired) electrons. The summed E-state index contributed by atoms with van der Waals surface area (Å²) in [4.78, 5) is 11.2. The van der Waals surface area contributed by atoms with Gasteiger partial charge in [0.2, 0.25) is 0 Å². The fourth-order valence-electron chi connectivity index (χ4n) is 0.684. The molecule has 0 aromatic carbocycles. The molecule has 1 unspecified atom stereocenters. The molecule has 78 valence electrons. The lowest BCUT2D eigenvalue weighted by Gasteiger charge is -2.14. The van der Waals surface area contributed by atoms with Gasteiger partial charge in [-0.15, -0.1) is 0 Å². The highest BCUT2D eigenvalue weighted by molar-refractivity contribution is 7.98. The zero-order valence-electron chi connectivity index (χ0n) is 8.46. The van der Waals surface area contributed by atoms with Crippen molar-refractivity contribution in [2.45, 2.75) is 32.4 Å². The Balaban J connectivity index is 3.57. The SMILES string of the molecule is CSCCC(N)C(=O)NNC(C)C. The number of nitrogens with one attached hydrogen (secondary N) is 2. The Morgan fingerprint density at radius 2 is 2.15 bits per heavy atom. The zero-order chi connectivity index (χ0) is 10.3. The smallest absolute Gasteiger partial charge is 0.251 e. The molecule has 0 saturated carbocycles. The van der Waals surface area contributed by atoms with E-state index >= 15 is 0 Å². The first kappa shape index (κ1) is 12.7. The molecule has 4 N–H and O–H groups in total. The number of thioether (sulfide) groups is 1. The minimum Gasteiger partial charge on any atom is -0.320 e. The first-order valence-electron chi connectivity index (χ1n) is 4.37. The molecule has 0 bridgehead atoms. The zero-order valence-corrected chi connectivity index (χ0v) is 9.28. The topological polar surface area (TPSA) is 67.2 Å². The molecule has 13 heavy (non-hydrogen) atoms. The Hall–Kier alpha value is -0.260.